The lowest BCUT2D eigenvalue weighted by molar-refractivity contribution is 0.0697. The number of ether oxygens (including phenoxy) is 1. The average molecular weight is 430 g/mol. The van der Waals surface area contributed by atoms with E-state index in [9.17, 15) is 4.79 Å². The number of hydrogen-bond donors (Lipinski definition) is 2. The highest BCUT2D eigenvalue weighted by Gasteiger charge is 2.29. The minimum atomic E-state index is -0.954. The summed E-state index contributed by atoms with van der Waals surface area (Å²) >= 11 is 1.60. The van der Waals surface area contributed by atoms with Crippen LogP contribution in [-0.2, 0) is 0 Å². The molecule has 2 aromatic carbocycles. The van der Waals surface area contributed by atoms with Gasteiger partial charge in [-0.2, -0.15) is 0 Å². The molecule has 6 nitrogen and oxygen atoms in total. The number of rotatable bonds is 7. The Labute approximate surface area is 183 Å². The third-order valence-electron chi connectivity index (χ3n) is 4.93. The van der Waals surface area contributed by atoms with E-state index in [1.54, 1.807) is 41.8 Å². The Bertz CT molecular complexity index is 1220. The van der Waals surface area contributed by atoms with Crippen LogP contribution in [0.1, 0.15) is 34.1 Å². The predicted molar refractivity (Wildman–Crippen MR) is 121 cm³/mol. The molecule has 154 valence electrons. The lowest BCUT2D eigenvalue weighted by Crippen LogP contribution is -1.97. The SMILES string of the molecule is O=C(O)c1ccc(Nc2cc(Oc3sc(C4CC4)nc3-c3ccccc3)ccn2)cc1. The molecule has 31 heavy (non-hydrogen) atoms. The van der Waals surface area contributed by atoms with Crippen LogP contribution in [0.3, 0.4) is 0 Å². The highest BCUT2D eigenvalue weighted by Crippen LogP contribution is 2.48. The Kier molecular flexibility index (Phi) is 5.09. The van der Waals surface area contributed by atoms with Gasteiger partial charge in [-0.05, 0) is 43.2 Å². The Balaban J connectivity index is 1.39. The summed E-state index contributed by atoms with van der Waals surface area (Å²) in [5.74, 6) is 0.856. The molecule has 1 aliphatic rings. The molecule has 4 aromatic rings. The van der Waals surface area contributed by atoms with Crippen molar-refractivity contribution >= 4 is 28.8 Å². The van der Waals surface area contributed by atoms with Crippen molar-refractivity contribution in [2.45, 2.75) is 18.8 Å². The maximum absolute atomic E-state index is 11.0. The number of carboxylic acid groups (broad SMARTS) is 1. The van der Waals surface area contributed by atoms with Crippen LogP contribution in [-0.4, -0.2) is 21.0 Å². The van der Waals surface area contributed by atoms with Gasteiger partial charge < -0.3 is 15.2 Å². The number of carbonyl (C=O) groups is 1. The van der Waals surface area contributed by atoms with E-state index in [-0.39, 0.29) is 5.56 Å². The molecule has 0 bridgehead atoms. The molecule has 2 N–H and O–H groups in total. The van der Waals surface area contributed by atoms with Crippen LogP contribution in [0.5, 0.6) is 10.8 Å². The van der Waals surface area contributed by atoms with E-state index in [0.717, 1.165) is 27.0 Å². The number of thiazole rings is 1. The Hall–Kier alpha value is -3.71. The fourth-order valence-electron chi connectivity index (χ4n) is 3.17. The molecular weight excluding hydrogens is 410 g/mol. The summed E-state index contributed by atoms with van der Waals surface area (Å²) < 4.78 is 6.25. The van der Waals surface area contributed by atoms with Gasteiger partial charge in [-0.3, -0.25) is 0 Å². The second-order valence-electron chi connectivity index (χ2n) is 7.31. The summed E-state index contributed by atoms with van der Waals surface area (Å²) in [5.41, 5.74) is 2.88. The van der Waals surface area contributed by atoms with Gasteiger partial charge in [0.15, 0.2) is 0 Å². The first-order valence-electron chi connectivity index (χ1n) is 9.96. The number of nitrogens with one attached hydrogen (secondary N) is 1. The summed E-state index contributed by atoms with van der Waals surface area (Å²) in [6.45, 7) is 0. The van der Waals surface area contributed by atoms with Crippen LogP contribution < -0.4 is 10.1 Å². The molecule has 1 saturated carbocycles. The van der Waals surface area contributed by atoms with Crippen LogP contribution in [0.15, 0.2) is 72.9 Å². The lowest BCUT2D eigenvalue weighted by atomic mass is 10.2. The number of benzene rings is 2. The minimum absolute atomic E-state index is 0.237. The first-order chi connectivity index (χ1) is 15.2. The Morgan fingerprint density at radius 1 is 1.06 bits per heavy atom. The van der Waals surface area contributed by atoms with Gasteiger partial charge in [0.1, 0.15) is 22.3 Å². The van der Waals surface area contributed by atoms with Crippen molar-refractivity contribution in [1.29, 1.82) is 0 Å². The van der Waals surface area contributed by atoms with E-state index in [0.29, 0.717) is 17.5 Å². The Morgan fingerprint density at radius 3 is 2.55 bits per heavy atom. The molecule has 5 rings (SSSR count). The third-order valence-corrected chi connectivity index (χ3v) is 6.03. The molecule has 0 atom stereocenters. The van der Waals surface area contributed by atoms with E-state index in [1.165, 1.54) is 12.8 Å². The number of carboxylic acids is 1. The zero-order valence-electron chi connectivity index (χ0n) is 16.5. The van der Waals surface area contributed by atoms with Gasteiger partial charge in [0.25, 0.3) is 0 Å². The molecular formula is C24H19N3O3S. The predicted octanol–water partition coefficient (Wildman–Crippen LogP) is 6.32. The quantitative estimate of drug-likeness (QED) is 0.358. The van der Waals surface area contributed by atoms with Crippen molar-refractivity contribution in [3.05, 3.63) is 83.5 Å². The summed E-state index contributed by atoms with van der Waals surface area (Å²) in [6.07, 6.45) is 4.05. The van der Waals surface area contributed by atoms with Crippen molar-refractivity contribution < 1.29 is 14.6 Å². The average Bonchev–Trinajstić information content (AvgIpc) is 3.56. The molecule has 0 aliphatic heterocycles. The zero-order valence-corrected chi connectivity index (χ0v) is 17.3. The van der Waals surface area contributed by atoms with Gasteiger partial charge in [0, 0.05) is 29.4 Å². The molecule has 7 heteroatoms. The molecule has 2 aromatic heterocycles. The van der Waals surface area contributed by atoms with E-state index in [1.807, 2.05) is 42.5 Å². The fourth-order valence-corrected chi connectivity index (χ4v) is 4.30. The van der Waals surface area contributed by atoms with E-state index in [4.69, 9.17) is 14.8 Å². The lowest BCUT2D eigenvalue weighted by Gasteiger charge is -2.09. The van der Waals surface area contributed by atoms with E-state index in [2.05, 4.69) is 10.3 Å². The molecule has 0 radical (unpaired) electrons. The molecule has 0 amide bonds. The van der Waals surface area contributed by atoms with E-state index >= 15 is 0 Å². The second-order valence-corrected chi connectivity index (χ2v) is 8.31. The van der Waals surface area contributed by atoms with Crippen LogP contribution in [0.4, 0.5) is 11.5 Å². The molecule has 1 aliphatic carbocycles. The topological polar surface area (TPSA) is 84.3 Å². The van der Waals surface area contributed by atoms with Gasteiger partial charge >= 0.3 is 5.97 Å². The normalized spacial score (nSPS) is 13.0. The molecule has 2 heterocycles. The van der Waals surface area contributed by atoms with Crippen LogP contribution >= 0.6 is 11.3 Å². The van der Waals surface area contributed by atoms with Gasteiger partial charge in [-0.25, -0.2) is 14.8 Å². The van der Waals surface area contributed by atoms with Gasteiger partial charge in [-0.15, -0.1) is 0 Å². The summed E-state index contributed by atoms with van der Waals surface area (Å²) in [6, 6.07) is 20.2. The van der Waals surface area contributed by atoms with Crippen molar-refractivity contribution in [3.8, 4) is 22.1 Å². The third kappa shape index (κ3) is 4.41. The number of aromatic nitrogens is 2. The summed E-state index contributed by atoms with van der Waals surface area (Å²) in [4.78, 5) is 20.2. The van der Waals surface area contributed by atoms with Crippen LogP contribution in [0.25, 0.3) is 11.3 Å². The first-order valence-corrected chi connectivity index (χ1v) is 10.8. The van der Waals surface area contributed by atoms with Crippen molar-refractivity contribution in [2.75, 3.05) is 5.32 Å². The number of anilines is 2. The maximum atomic E-state index is 11.0. The maximum Gasteiger partial charge on any atom is 0.335 e. The summed E-state index contributed by atoms with van der Waals surface area (Å²) in [7, 11) is 0. The zero-order chi connectivity index (χ0) is 21.2. The number of hydrogen-bond acceptors (Lipinski definition) is 6. The first kappa shape index (κ1) is 19.3. The van der Waals surface area contributed by atoms with Gasteiger partial charge in [0.05, 0.1) is 5.56 Å². The second kappa shape index (κ2) is 8.20. The van der Waals surface area contributed by atoms with Crippen LogP contribution in [0.2, 0.25) is 0 Å². The largest absolute Gasteiger partial charge is 0.478 e. The van der Waals surface area contributed by atoms with Crippen molar-refractivity contribution in [1.82, 2.24) is 9.97 Å². The number of pyridine rings is 1. The van der Waals surface area contributed by atoms with Gasteiger partial charge in [0.2, 0.25) is 5.06 Å². The summed E-state index contributed by atoms with van der Waals surface area (Å²) in [5, 5.41) is 14.1. The fraction of sp³-hybridized carbons (Fsp3) is 0.125. The highest BCUT2D eigenvalue weighted by molar-refractivity contribution is 7.14. The standard InChI is InChI=1S/C24H19N3O3S/c28-23(29)17-8-10-18(11-9-17)26-20-14-19(12-13-25-20)30-24-21(15-4-2-1-3-5-15)27-22(31-24)16-6-7-16/h1-5,8-14,16H,6-7H2,(H,25,26)(H,28,29). The van der Waals surface area contributed by atoms with Crippen molar-refractivity contribution in [2.24, 2.45) is 0 Å². The molecule has 1 fully saturated rings. The Morgan fingerprint density at radius 2 is 1.84 bits per heavy atom. The van der Waals surface area contributed by atoms with Gasteiger partial charge in [-0.1, -0.05) is 41.7 Å². The molecule has 0 spiro atoms. The smallest absolute Gasteiger partial charge is 0.335 e. The van der Waals surface area contributed by atoms with Crippen molar-refractivity contribution in [3.63, 3.8) is 0 Å². The number of nitrogens with zero attached hydrogens (tertiary/aromatic N) is 2. The van der Waals surface area contributed by atoms with E-state index < -0.39 is 5.97 Å². The number of aromatic carboxylic acids is 1. The monoisotopic (exact) mass is 429 g/mol. The molecule has 0 saturated heterocycles. The highest BCUT2D eigenvalue weighted by atomic mass is 32.1. The van der Waals surface area contributed by atoms with Crippen LogP contribution in [0, 0.1) is 0 Å². The minimum Gasteiger partial charge on any atom is -0.478 e. The molecule has 0 unspecified atom stereocenters.